The van der Waals surface area contributed by atoms with Crippen LogP contribution in [-0.2, 0) is 6.42 Å². The SMILES string of the molecule is CC[C@H](O)CCCc1ccccn1. The summed E-state index contributed by atoms with van der Waals surface area (Å²) in [6.07, 6.45) is 5.40. The molecule has 1 atom stereocenters. The first-order chi connectivity index (χ1) is 6.33. The van der Waals surface area contributed by atoms with Crippen molar-refractivity contribution in [2.24, 2.45) is 0 Å². The Hall–Kier alpha value is -0.890. The minimum absolute atomic E-state index is 0.135. The maximum Gasteiger partial charge on any atom is 0.0537 e. The smallest absolute Gasteiger partial charge is 0.0537 e. The molecule has 0 unspecified atom stereocenters. The number of aryl methyl sites for hydroxylation is 1. The topological polar surface area (TPSA) is 33.1 Å². The maximum absolute atomic E-state index is 9.32. The molecule has 0 saturated carbocycles. The maximum atomic E-state index is 9.32. The van der Waals surface area contributed by atoms with Crippen molar-refractivity contribution < 1.29 is 5.11 Å². The Bertz CT molecular complexity index is 223. The summed E-state index contributed by atoms with van der Waals surface area (Å²) < 4.78 is 0. The molecule has 1 N–H and O–H groups in total. The van der Waals surface area contributed by atoms with Gasteiger partial charge < -0.3 is 5.11 Å². The van der Waals surface area contributed by atoms with Crippen molar-refractivity contribution in [1.29, 1.82) is 0 Å². The number of hydrogen-bond acceptors (Lipinski definition) is 2. The van der Waals surface area contributed by atoms with Crippen LogP contribution < -0.4 is 0 Å². The zero-order valence-corrected chi connectivity index (χ0v) is 8.11. The fraction of sp³-hybridized carbons (Fsp3) is 0.545. The van der Waals surface area contributed by atoms with Crippen molar-refractivity contribution in [2.45, 2.75) is 38.7 Å². The zero-order valence-electron chi connectivity index (χ0n) is 8.11. The molecule has 0 spiro atoms. The largest absolute Gasteiger partial charge is 0.393 e. The molecule has 0 aliphatic carbocycles. The van der Waals surface area contributed by atoms with Crippen LogP contribution in [0.15, 0.2) is 24.4 Å². The molecule has 0 amide bonds. The van der Waals surface area contributed by atoms with Crippen LogP contribution in [0.25, 0.3) is 0 Å². The minimum atomic E-state index is -0.135. The molecule has 72 valence electrons. The van der Waals surface area contributed by atoms with Crippen LogP contribution in [-0.4, -0.2) is 16.2 Å². The van der Waals surface area contributed by atoms with E-state index in [2.05, 4.69) is 4.98 Å². The summed E-state index contributed by atoms with van der Waals surface area (Å²) in [6.45, 7) is 2.01. The van der Waals surface area contributed by atoms with Gasteiger partial charge in [0.2, 0.25) is 0 Å². The third-order valence-corrected chi connectivity index (χ3v) is 2.17. The second kappa shape index (κ2) is 5.70. The van der Waals surface area contributed by atoms with Crippen molar-refractivity contribution in [1.82, 2.24) is 4.98 Å². The molecule has 1 rings (SSSR count). The quantitative estimate of drug-likeness (QED) is 0.751. The third kappa shape index (κ3) is 4.04. The van der Waals surface area contributed by atoms with E-state index >= 15 is 0 Å². The van der Waals surface area contributed by atoms with Gasteiger partial charge >= 0.3 is 0 Å². The van der Waals surface area contributed by atoms with Crippen molar-refractivity contribution >= 4 is 0 Å². The van der Waals surface area contributed by atoms with E-state index in [0.29, 0.717) is 0 Å². The molecule has 0 radical (unpaired) electrons. The second-order valence-electron chi connectivity index (χ2n) is 3.28. The lowest BCUT2D eigenvalue weighted by Gasteiger charge is -2.06. The predicted octanol–water partition coefficient (Wildman–Crippen LogP) is 2.18. The normalized spacial score (nSPS) is 12.8. The van der Waals surface area contributed by atoms with Crippen LogP contribution in [0.4, 0.5) is 0 Å². The molecule has 2 heteroatoms. The molecule has 0 aromatic carbocycles. The van der Waals surface area contributed by atoms with Gasteiger partial charge in [-0.3, -0.25) is 4.98 Å². The third-order valence-electron chi connectivity index (χ3n) is 2.17. The second-order valence-corrected chi connectivity index (χ2v) is 3.28. The van der Waals surface area contributed by atoms with E-state index in [-0.39, 0.29) is 6.10 Å². The molecule has 0 aliphatic rings. The van der Waals surface area contributed by atoms with E-state index in [4.69, 9.17) is 0 Å². The molecule has 1 aromatic heterocycles. The van der Waals surface area contributed by atoms with Crippen LogP contribution in [0.2, 0.25) is 0 Å². The molecule has 0 fully saturated rings. The highest BCUT2D eigenvalue weighted by Crippen LogP contribution is 2.05. The number of hydrogen-bond donors (Lipinski definition) is 1. The van der Waals surface area contributed by atoms with Gasteiger partial charge in [0, 0.05) is 11.9 Å². The van der Waals surface area contributed by atoms with Crippen molar-refractivity contribution in [3.8, 4) is 0 Å². The fourth-order valence-electron chi connectivity index (χ4n) is 1.27. The summed E-state index contributed by atoms with van der Waals surface area (Å²) in [4.78, 5) is 4.22. The highest BCUT2D eigenvalue weighted by Gasteiger charge is 2.00. The molecular weight excluding hydrogens is 162 g/mol. The minimum Gasteiger partial charge on any atom is -0.393 e. The van der Waals surface area contributed by atoms with Crippen molar-refractivity contribution in [2.75, 3.05) is 0 Å². The Balaban J connectivity index is 2.20. The monoisotopic (exact) mass is 179 g/mol. The first-order valence-electron chi connectivity index (χ1n) is 4.91. The van der Waals surface area contributed by atoms with Gasteiger partial charge in [0.1, 0.15) is 0 Å². The van der Waals surface area contributed by atoms with Gasteiger partial charge in [-0.25, -0.2) is 0 Å². The van der Waals surface area contributed by atoms with Gasteiger partial charge in [-0.2, -0.15) is 0 Å². The number of nitrogens with zero attached hydrogens (tertiary/aromatic N) is 1. The Labute approximate surface area is 79.6 Å². The molecule has 0 bridgehead atoms. The number of aromatic nitrogens is 1. The average molecular weight is 179 g/mol. The van der Waals surface area contributed by atoms with Crippen LogP contribution >= 0.6 is 0 Å². The van der Waals surface area contributed by atoms with E-state index in [0.717, 1.165) is 31.4 Å². The zero-order chi connectivity index (χ0) is 9.52. The fourth-order valence-corrected chi connectivity index (χ4v) is 1.27. The van der Waals surface area contributed by atoms with E-state index in [1.807, 2.05) is 31.3 Å². The van der Waals surface area contributed by atoms with Crippen molar-refractivity contribution in [3.63, 3.8) is 0 Å². The molecule has 1 heterocycles. The van der Waals surface area contributed by atoms with Gasteiger partial charge in [-0.15, -0.1) is 0 Å². The molecular formula is C11H17NO. The summed E-state index contributed by atoms with van der Waals surface area (Å²) >= 11 is 0. The predicted molar refractivity (Wildman–Crippen MR) is 53.5 cm³/mol. The molecule has 0 saturated heterocycles. The Morgan fingerprint density at radius 3 is 2.92 bits per heavy atom. The molecule has 0 aliphatic heterocycles. The standard InChI is InChI=1S/C11H17NO/c1-2-11(13)8-5-7-10-6-3-4-9-12-10/h3-4,6,9,11,13H,2,5,7-8H2,1H3/t11-/m0/s1. The number of rotatable bonds is 5. The van der Waals surface area contributed by atoms with Crippen LogP contribution in [0.5, 0.6) is 0 Å². The van der Waals surface area contributed by atoms with Crippen LogP contribution in [0.3, 0.4) is 0 Å². The van der Waals surface area contributed by atoms with Crippen molar-refractivity contribution in [3.05, 3.63) is 30.1 Å². The van der Waals surface area contributed by atoms with E-state index < -0.39 is 0 Å². The van der Waals surface area contributed by atoms with Crippen LogP contribution in [0, 0.1) is 0 Å². The van der Waals surface area contributed by atoms with Gasteiger partial charge in [0.15, 0.2) is 0 Å². The summed E-state index contributed by atoms with van der Waals surface area (Å²) in [5.74, 6) is 0. The summed E-state index contributed by atoms with van der Waals surface area (Å²) in [5, 5.41) is 9.32. The van der Waals surface area contributed by atoms with Gasteiger partial charge in [-0.1, -0.05) is 13.0 Å². The lowest BCUT2D eigenvalue weighted by Crippen LogP contribution is -2.04. The van der Waals surface area contributed by atoms with Gasteiger partial charge in [0.25, 0.3) is 0 Å². The Morgan fingerprint density at radius 2 is 2.31 bits per heavy atom. The number of aliphatic hydroxyl groups is 1. The lowest BCUT2D eigenvalue weighted by atomic mass is 10.1. The number of aliphatic hydroxyl groups excluding tert-OH is 1. The molecule has 1 aromatic rings. The molecule has 2 nitrogen and oxygen atoms in total. The highest BCUT2D eigenvalue weighted by molar-refractivity contribution is 5.03. The number of pyridine rings is 1. The molecule has 13 heavy (non-hydrogen) atoms. The van der Waals surface area contributed by atoms with Gasteiger partial charge in [-0.05, 0) is 37.8 Å². The summed E-state index contributed by atoms with van der Waals surface area (Å²) in [7, 11) is 0. The first-order valence-corrected chi connectivity index (χ1v) is 4.91. The van der Waals surface area contributed by atoms with Gasteiger partial charge in [0.05, 0.1) is 6.10 Å². The van der Waals surface area contributed by atoms with E-state index in [1.54, 1.807) is 0 Å². The van der Waals surface area contributed by atoms with E-state index in [9.17, 15) is 5.11 Å². The summed E-state index contributed by atoms with van der Waals surface area (Å²) in [6, 6.07) is 5.95. The Morgan fingerprint density at radius 1 is 1.46 bits per heavy atom. The van der Waals surface area contributed by atoms with E-state index in [1.165, 1.54) is 0 Å². The summed E-state index contributed by atoms with van der Waals surface area (Å²) in [5.41, 5.74) is 1.12. The average Bonchev–Trinajstić information content (AvgIpc) is 2.19. The Kier molecular flexibility index (Phi) is 4.47. The van der Waals surface area contributed by atoms with Crippen LogP contribution in [0.1, 0.15) is 31.9 Å². The first kappa shape index (κ1) is 10.2. The highest BCUT2D eigenvalue weighted by atomic mass is 16.3. The lowest BCUT2D eigenvalue weighted by molar-refractivity contribution is 0.157.